The Kier molecular flexibility index (Phi) is 4.25. The van der Waals surface area contributed by atoms with Gasteiger partial charge in [0.15, 0.2) is 0 Å². The van der Waals surface area contributed by atoms with Gasteiger partial charge in [-0.2, -0.15) is 0 Å². The molecule has 18 heavy (non-hydrogen) atoms. The maximum Gasteiger partial charge on any atom is 0.253 e. The summed E-state index contributed by atoms with van der Waals surface area (Å²) in [6, 6.07) is 5.84. The van der Waals surface area contributed by atoms with Gasteiger partial charge < -0.3 is 10.2 Å². The van der Waals surface area contributed by atoms with Crippen LogP contribution in [0.15, 0.2) is 18.2 Å². The quantitative estimate of drug-likeness (QED) is 0.912. The summed E-state index contributed by atoms with van der Waals surface area (Å²) in [7, 11) is 1.86. The summed E-state index contributed by atoms with van der Waals surface area (Å²) in [5, 5.41) is 4.07. The first-order chi connectivity index (χ1) is 8.58. The van der Waals surface area contributed by atoms with Gasteiger partial charge in [0.25, 0.3) is 5.91 Å². The molecule has 98 valence electrons. The molecule has 1 unspecified atom stereocenters. The zero-order chi connectivity index (χ0) is 13.1. The van der Waals surface area contributed by atoms with E-state index in [1.54, 1.807) is 17.0 Å². The Labute approximate surface area is 113 Å². The third-order valence-electron chi connectivity index (χ3n) is 3.42. The highest BCUT2D eigenvalue weighted by atomic mass is 35.5. The predicted molar refractivity (Wildman–Crippen MR) is 74.2 cm³/mol. The van der Waals surface area contributed by atoms with Crippen molar-refractivity contribution in [3.8, 4) is 0 Å². The lowest BCUT2D eigenvalue weighted by Gasteiger charge is -2.22. The molecule has 1 heterocycles. The Morgan fingerprint density at radius 3 is 2.94 bits per heavy atom. The van der Waals surface area contributed by atoms with Crippen LogP contribution in [0.25, 0.3) is 0 Å². The topological polar surface area (TPSA) is 32.3 Å². The molecule has 3 nitrogen and oxygen atoms in total. The van der Waals surface area contributed by atoms with E-state index in [4.69, 9.17) is 11.6 Å². The van der Waals surface area contributed by atoms with Crippen LogP contribution in [0, 0.1) is 6.92 Å². The first kappa shape index (κ1) is 13.4. The Balaban J connectivity index is 2.05. The van der Waals surface area contributed by atoms with Gasteiger partial charge in [-0.1, -0.05) is 11.6 Å². The summed E-state index contributed by atoms with van der Waals surface area (Å²) in [5.74, 6) is 0.0675. The van der Waals surface area contributed by atoms with Gasteiger partial charge in [-0.25, -0.2) is 0 Å². The molecule has 1 aliphatic heterocycles. The fourth-order valence-electron chi connectivity index (χ4n) is 2.40. The van der Waals surface area contributed by atoms with E-state index in [9.17, 15) is 4.79 Å². The number of carbonyl (C=O) groups is 1. The van der Waals surface area contributed by atoms with Gasteiger partial charge in [0.05, 0.1) is 0 Å². The van der Waals surface area contributed by atoms with E-state index in [2.05, 4.69) is 5.32 Å². The largest absolute Gasteiger partial charge is 0.340 e. The molecule has 1 aliphatic rings. The minimum absolute atomic E-state index is 0.0675. The molecule has 0 aromatic heterocycles. The number of hydrogen-bond donors (Lipinski definition) is 1. The summed E-state index contributed by atoms with van der Waals surface area (Å²) >= 11 is 5.90. The number of amides is 1. The van der Waals surface area contributed by atoms with Crippen LogP contribution in [0.4, 0.5) is 0 Å². The summed E-state index contributed by atoms with van der Waals surface area (Å²) in [6.07, 6.45) is 2.35. The lowest BCUT2D eigenvalue weighted by Crippen LogP contribution is -2.38. The van der Waals surface area contributed by atoms with Crippen LogP contribution >= 0.6 is 11.6 Å². The van der Waals surface area contributed by atoms with Crippen LogP contribution in [0.3, 0.4) is 0 Å². The number of rotatable bonds is 3. The van der Waals surface area contributed by atoms with Crippen LogP contribution in [0.1, 0.15) is 28.8 Å². The van der Waals surface area contributed by atoms with E-state index in [0.717, 1.165) is 30.6 Å². The molecule has 2 rings (SSSR count). The molecule has 1 N–H and O–H groups in total. The molecule has 0 aliphatic carbocycles. The molecule has 0 radical (unpaired) electrons. The van der Waals surface area contributed by atoms with Gasteiger partial charge >= 0.3 is 0 Å². The highest BCUT2D eigenvalue weighted by Crippen LogP contribution is 2.17. The fourth-order valence-corrected chi connectivity index (χ4v) is 2.63. The average Bonchev–Trinajstić information content (AvgIpc) is 2.81. The van der Waals surface area contributed by atoms with Gasteiger partial charge in [0, 0.05) is 30.2 Å². The Hall–Kier alpha value is -1.06. The molecule has 0 spiro atoms. The first-order valence-corrected chi connectivity index (χ1v) is 6.70. The van der Waals surface area contributed by atoms with Crippen LogP contribution in [0.5, 0.6) is 0 Å². The lowest BCUT2D eigenvalue weighted by molar-refractivity contribution is 0.0783. The third kappa shape index (κ3) is 3.03. The van der Waals surface area contributed by atoms with E-state index < -0.39 is 0 Å². The molecular formula is C14H19ClN2O. The minimum Gasteiger partial charge on any atom is -0.340 e. The van der Waals surface area contributed by atoms with Crippen molar-refractivity contribution in [1.82, 2.24) is 10.2 Å². The van der Waals surface area contributed by atoms with Crippen molar-refractivity contribution < 1.29 is 4.79 Å². The molecule has 4 heteroatoms. The highest BCUT2D eigenvalue weighted by molar-refractivity contribution is 6.30. The van der Waals surface area contributed by atoms with Crippen molar-refractivity contribution in [2.24, 2.45) is 0 Å². The Morgan fingerprint density at radius 2 is 2.33 bits per heavy atom. The van der Waals surface area contributed by atoms with Crippen LogP contribution in [0.2, 0.25) is 5.02 Å². The smallest absolute Gasteiger partial charge is 0.253 e. The molecule has 1 aromatic carbocycles. The SMILES string of the molecule is Cc1cc(Cl)ccc1C(=O)N(C)CC1CCCN1. The van der Waals surface area contributed by atoms with Gasteiger partial charge in [-0.05, 0) is 50.1 Å². The summed E-state index contributed by atoms with van der Waals surface area (Å²) < 4.78 is 0. The van der Waals surface area contributed by atoms with Crippen LogP contribution in [-0.4, -0.2) is 37.0 Å². The molecule has 1 saturated heterocycles. The van der Waals surface area contributed by atoms with E-state index in [-0.39, 0.29) is 5.91 Å². The number of halogens is 1. The second-order valence-corrected chi connectivity index (χ2v) is 5.37. The number of nitrogens with zero attached hydrogens (tertiary/aromatic N) is 1. The highest BCUT2D eigenvalue weighted by Gasteiger charge is 2.20. The Morgan fingerprint density at radius 1 is 1.56 bits per heavy atom. The van der Waals surface area contributed by atoms with Gasteiger partial charge in [0.1, 0.15) is 0 Å². The van der Waals surface area contributed by atoms with Gasteiger partial charge in [-0.3, -0.25) is 4.79 Å². The molecule has 0 saturated carbocycles. The molecule has 1 amide bonds. The summed E-state index contributed by atoms with van der Waals surface area (Å²) in [5.41, 5.74) is 1.67. The van der Waals surface area contributed by atoms with Crippen molar-refractivity contribution in [3.05, 3.63) is 34.3 Å². The first-order valence-electron chi connectivity index (χ1n) is 6.33. The van der Waals surface area contributed by atoms with Gasteiger partial charge in [0.2, 0.25) is 0 Å². The van der Waals surface area contributed by atoms with Crippen molar-refractivity contribution in [2.75, 3.05) is 20.1 Å². The molecule has 1 aromatic rings. The van der Waals surface area contributed by atoms with Crippen molar-refractivity contribution in [3.63, 3.8) is 0 Å². The predicted octanol–water partition coefficient (Wildman–Crippen LogP) is 2.47. The van der Waals surface area contributed by atoms with E-state index in [1.165, 1.54) is 6.42 Å². The number of nitrogens with one attached hydrogen (secondary N) is 1. The number of likely N-dealkylation sites (N-methyl/N-ethyl adjacent to an activating group) is 1. The minimum atomic E-state index is 0.0675. The standard InChI is InChI=1S/C14H19ClN2O/c1-10-8-11(15)5-6-13(10)14(18)17(2)9-12-4-3-7-16-12/h5-6,8,12,16H,3-4,7,9H2,1-2H3. The van der Waals surface area contributed by atoms with Crippen molar-refractivity contribution in [2.45, 2.75) is 25.8 Å². The van der Waals surface area contributed by atoms with E-state index in [0.29, 0.717) is 11.1 Å². The number of benzene rings is 1. The summed E-state index contributed by atoms with van der Waals surface area (Å²) in [4.78, 5) is 14.1. The molecule has 1 fully saturated rings. The fraction of sp³-hybridized carbons (Fsp3) is 0.500. The zero-order valence-electron chi connectivity index (χ0n) is 10.9. The lowest BCUT2D eigenvalue weighted by atomic mass is 10.1. The molecule has 0 bridgehead atoms. The maximum atomic E-state index is 12.3. The molecular weight excluding hydrogens is 248 g/mol. The number of carbonyl (C=O) groups excluding carboxylic acids is 1. The van der Waals surface area contributed by atoms with E-state index >= 15 is 0 Å². The van der Waals surface area contributed by atoms with Crippen molar-refractivity contribution >= 4 is 17.5 Å². The number of hydrogen-bond acceptors (Lipinski definition) is 2. The van der Waals surface area contributed by atoms with Crippen molar-refractivity contribution in [1.29, 1.82) is 0 Å². The van der Waals surface area contributed by atoms with Crippen LogP contribution < -0.4 is 5.32 Å². The Bertz CT molecular complexity index is 441. The van der Waals surface area contributed by atoms with Crippen LogP contribution in [-0.2, 0) is 0 Å². The monoisotopic (exact) mass is 266 g/mol. The maximum absolute atomic E-state index is 12.3. The number of aryl methyl sites for hydroxylation is 1. The van der Waals surface area contributed by atoms with Gasteiger partial charge in [-0.15, -0.1) is 0 Å². The molecule has 1 atom stereocenters. The zero-order valence-corrected chi connectivity index (χ0v) is 11.6. The average molecular weight is 267 g/mol. The second-order valence-electron chi connectivity index (χ2n) is 4.94. The second kappa shape index (κ2) is 5.72. The summed E-state index contributed by atoms with van der Waals surface area (Å²) in [6.45, 7) is 3.74. The van der Waals surface area contributed by atoms with E-state index in [1.807, 2.05) is 20.0 Å². The normalized spacial score (nSPS) is 18.9. The third-order valence-corrected chi connectivity index (χ3v) is 3.66.